The van der Waals surface area contributed by atoms with Crippen molar-refractivity contribution in [3.8, 4) is 0 Å². The number of carbonyl (C=O) groups is 2. The maximum atomic E-state index is 12.5. The van der Waals surface area contributed by atoms with Crippen LogP contribution in [-0.4, -0.2) is 23.4 Å². The van der Waals surface area contributed by atoms with Crippen LogP contribution in [0.2, 0.25) is 0 Å². The first-order valence-electron chi connectivity index (χ1n) is 7.68. The Hall–Kier alpha value is -1.36. The summed E-state index contributed by atoms with van der Waals surface area (Å²) in [5.41, 5.74) is -0.822. The molecule has 21 heavy (non-hydrogen) atoms. The number of hydrogen-bond donors (Lipinski definition) is 2. The number of hydrogen-bond acceptors (Lipinski definition) is 3. The maximum Gasteiger partial charge on any atom is 0.245 e. The minimum absolute atomic E-state index is 0.0589. The average molecular weight is 308 g/mol. The highest BCUT2D eigenvalue weighted by atomic mass is 32.1. The molecule has 0 aromatic carbocycles. The number of rotatable bonds is 6. The van der Waals surface area contributed by atoms with Crippen LogP contribution in [0.15, 0.2) is 17.5 Å². The molecule has 1 heterocycles. The van der Waals surface area contributed by atoms with Crippen LogP contribution in [0, 0.1) is 0 Å². The van der Waals surface area contributed by atoms with E-state index < -0.39 is 5.54 Å². The molecule has 2 N–H and O–H groups in total. The molecule has 1 aliphatic carbocycles. The van der Waals surface area contributed by atoms with Gasteiger partial charge in [0, 0.05) is 10.9 Å². The lowest BCUT2D eigenvalue weighted by Crippen LogP contribution is -2.58. The maximum absolute atomic E-state index is 12.5. The van der Waals surface area contributed by atoms with Crippen molar-refractivity contribution in [1.29, 1.82) is 0 Å². The summed E-state index contributed by atoms with van der Waals surface area (Å²) >= 11 is 1.56. The Morgan fingerprint density at radius 3 is 2.67 bits per heavy atom. The van der Waals surface area contributed by atoms with E-state index in [1.807, 2.05) is 31.4 Å². The van der Waals surface area contributed by atoms with Crippen LogP contribution in [0.4, 0.5) is 0 Å². The molecule has 4 nitrogen and oxygen atoms in total. The highest BCUT2D eigenvalue weighted by Gasteiger charge is 2.34. The highest BCUT2D eigenvalue weighted by molar-refractivity contribution is 7.10. The van der Waals surface area contributed by atoms with Gasteiger partial charge in [-0.15, -0.1) is 11.3 Å². The van der Waals surface area contributed by atoms with Crippen LogP contribution >= 0.6 is 11.3 Å². The van der Waals surface area contributed by atoms with Crippen LogP contribution in [0.1, 0.15) is 50.8 Å². The van der Waals surface area contributed by atoms with Crippen molar-refractivity contribution < 1.29 is 9.59 Å². The van der Waals surface area contributed by atoms with Crippen molar-refractivity contribution in [1.82, 2.24) is 10.6 Å². The topological polar surface area (TPSA) is 58.2 Å². The monoisotopic (exact) mass is 308 g/mol. The Labute approximate surface area is 130 Å². The molecule has 1 atom stereocenters. The number of amides is 2. The smallest absolute Gasteiger partial charge is 0.245 e. The van der Waals surface area contributed by atoms with Gasteiger partial charge < -0.3 is 10.6 Å². The Morgan fingerprint density at radius 1 is 1.38 bits per heavy atom. The second kappa shape index (κ2) is 7.07. The Morgan fingerprint density at radius 2 is 2.10 bits per heavy atom. The molecule has 0 spiro atoms. The third-order valence-electron chi connectivity index (χ3n) is 4.23. The summed E-state index contributed by atoms with van der Waals surface area (Å²) in [5.74, 6) is -0.153. The van der Waals surface area contributed by atoms with Gasteiger partial charge in [0.15, 0.2) is 0 Å². The van der Waals surface area contributed by atoms with E-state index in [0.29, 0.717) is 12.8 Å². The van der Waals surface area contributed by atoms with Crippen molar-refractivity contribution in [3.63, 3.8) is 0 Å². The molecule has 0 unspecified atom stereocenters. The lowest BCUT2D eigenvalue weighted by atomic mass is 9.96. The number of nitrogens with one attached hydrogen (secondary N) is 2. The molecule has 0 bridgehead atoms. The molecule has 2 rings (SSSR count). The van der Waals surface area contributed by atoms with Gasteiger partial charge in [0.25, 0.3) is 0 Å². The summed E-state index contributed by atoms with van der Waals surface area (Å²) in [5, 5.41) is 7.95. The van der Waals surface area contributed by atoms with Crippen molar-refractivity contribution in [3.05, 3.63) is 22.4 Å². The Balaban J connectivity index is 1.92. The van der Waals surface area contributed by atoms with Crippen LogP contribution < -0.4 is 10.6 Å². The van der Waals surface area contributed by atoms with Gasteiger partial charge in [0.1, 0.15) is 5.54 Å². The summed E-state index contributed by atoms with van der Waals surface area (Å²) in [7, 11) is 0. The molecular formula is C16H24N2O2S. The van der Waals surface area contributed by atoms with Gasteiger partial charge in [0.05, 0.1) is 6.42 Å². The predicted molar refractivity (Wildman–Crippen MR) is 85.3 cm³/mol. The highest BCUT2D eigenvalue weighted by Crippen LogP contribution is 2.19. The van der Waals surface area contributed by atoms with E-state index in [9.17, 15) is 9.59 Å². The summed E-state index contributed by atoms with van der Waals surface area (Å²) < 4.78 is 0. The van der Waals surface area contributed by atoms with E-state index in [2.05, 4.69) is 10.6 Å². The molecule has 1 aromatic heterocycles. The lowest BCUT2D eigenvalue weighted by Gasteiger charge is -2.30. The third-order valence-corrected chi connectivity index (χ3v) is 5.11. The van der Waals surface area contributed by atoms with Crippen LogP contribution in [0.25, 0.3) is 0 Å². The molecule has 1 saturated carbocycles. The first-order valence-corrected chi connectivity index (χ1v) is 8.56. The van der Waals surface area contributed by atoms with Gasteiger partial charge in [-0.2, -0.15) is 0 Å². The summed E-state index contributed by atoms with van der Waals surface area (Å²) in [6.45, 7) is 3.74. The van der Waals surface area contributed by atoms with E-state index in [1.165, 1.54) is 12.8 Å². The first kappa shape index (κ1) is 16.0. The Kier molecular flexibility index (Phi) is 5.39. The second-order valence-corrected chi connectivity index (χ2v) is 6.98. The fourth-order valence-electron chi connectivity index (χ4n) is 2.64. The quantitative estimate of drug-likeness (QED) is 0.849. The zero-order chi connectivity index (χ0) is 15.3. The standard InChI is InChI=1S/C16H24N2O2S/c1-3-16(2,15(20)17-12-7-4-5-8-12)18-14(19)11-13-9-6-10-21-13/h6,9-10,12H,3-5,7-8,11H2,1-2H3,(H,17,20)(H,18,19)/t16-/m0/s1. The Bertz CT molecular complexity index is 480. The van der Waals surface area contributed by atoms with Crippen molar-refractivity contribution in [2.45, 2.75) is 64.0 Å². The van der Waals surface area contributed by atoms with Crippen LogP contribution in [-0.2, 0) is 16.0 Å². The van der Waals surface area contributed by atoms with Crippen molar-refractivity contribution in [2.75, 3.05) is 0 Å². The molecule has 2 amide bonds. The minimum Gasteiger partial charge on any atom is -0.351 e. The molecule has 5 heteroatoms. The molecular weight excluding hydrogens is 284 g/mol. The summed E-state index contributed by atoms with van der Waals surface area (Å²) in [6, 6.07) is 4.14. The summed E-state index contributed by atoms with van der Waals surface area (Å²) in [6.07, 6.45) is 5.38. The number of carbonyl (C=O) groups excluding carboxylic acids is 2. The predicted octanol–water partition coefficient (Wildman–Crippen LogP) is 2.63. The van der Waals surface area contributed by atoms with E-state index in [1.54, 1.807) is 11.3 Å². The van der Waals surface area contributed by atoms with Crippen LogP contribution in [0.5, 0.6) is 0 Å². The molecule has 1 fully saturated rings. The van der Waals surface area contributed by atoms with Crippen molar-refractivity contribution >= 4 is 23.2 Å². The fraction of sp³-hybridized carbons (Fsp3) is 0.625. The molecule has 1 aromatic rings. The van der Waals surface area contributed by atoms with Gasteiger partial charge in [-0.05, 0) is 37.6 Å². The minimum atomic E-state index is -0.822. The first-order chi connectivity index (χ1) is 10.0. The summed E-state index contributed by atoms with van der Waals surface area (Å²) in [4.78, 5) is 25.6. The van der Waals surface area contributed by atoms with Gasteiger partial charge in [0.2, 0.25) is 11.8 Å². The lowest BCUT2D eigenvalue weighted by molar-refractivity contribution is -0.133. The molecule has 0 aliphatic heterocycles. The van der Waals surface area contributed by atoms with Gasteiger partial charge >= 0.3 is 0 Å². The second-order valence-electron chi connectivity index (χ2n) is 5.94. The van der Waals surface area contributed by atoms with E-state index in [-0.39, 0.29) is 17.9 Å². The van der Waals surface area contributed by atoms with E-state index in [4.69, 9.17) is 0 Å². The largest absolute Gasteiger partial charge is 0.351 e. The molecule has 116 valence electrons. The van der Waals surface area contributed by atoms with Crippen molar-refractivity contribution in [2.24, 2.45) is 0 Å². The zero-order valence-electron chi connectivity index (χ0n) is 12.8. The average Bonchev–Trinajstić information content (AvgIpc) is 3.11. The van der Waals surface area contributed by atoms with Gasteiger partial charge in [-0.25, -0.2) is 0 Å². The van der Waals surface area contributed by atoms with E-state index in [0.717, 1.165) is 17.7 Å². The normalized spacial score (nSPS) is 18.2. The molecule has 1 aliphatic rings. The van der Waals surface area contributed by atoms with Gasteiger partial charge in [-0.3, -0.25) is 9.59 Å². The molecule has 0 radical (unpaired) electrons. The van der Waals surface area contributed by atoms with E-state index >= 15 is 0 Å². The van der Waals surface area contributed by atoms with Gasteiger partial charge in [-0.1, -0.05) is 25.8 Å². The number of thiophene rings is 1. The zero-order valence-corrected chi connectivity index (χ0v) is 13.6. The van der Waals surface area contributed by atoms with Crippen LogP contribution in [0.3, 0.4) is 0 Å². The molecule has 0 saturated heterocycles. The third kappa shape index (κ3) is 4.30. The fourth-order valence-corrected chi connectivity index (χ4v) is 3.35. The SMILES string of the molecule is CC[C@](C)(NC(=O)Cc1cccs1)C(=O)NC1CCCC1.